The molecule has 7 heteroatoms. The van der Waals surface area contributed by atoms with Gasteiger partial charge in [0.05, 0.1) is 11.3 Å². The van der Waals surface area contributed by atoms with Gasteiger partial charge in [-0.15, -0.1) is 0 Å². The van der Waals surface area contributed by atoms with Crippen LogP contribution in [0.2, 0.25) is 0 Å². The fraction of sp³-hybridized carbons (Fsp3) is 0.300. The van der Waals surface area contributed by atoms with Crippen molar-refractivity contribution < 1.29 is 23.8 Å². The number of carbonyl (C=O) groups is 2. The van der Waals surface area contributed by atoms with Crippen molar-refractivity contribution in [1.29, 1.82) is 0 Å². The molecule has 0 bridgehead atoms. The minimum absolute atomic E-state index is 0.146. The van der Waals surface area contributed by atoms with Gasteiger partial charge in [0.2, 0.25) is 6.79 Å². The number of hydrogen-bond acceptors (Lipinski definition) is 5. The first kappa shape index (κ1) is 18.7. The Morgan fingerprint density at radius 3 is 2.74 bits per heavy atom. The van der Waals surface area contributed by atoms with E-state index in [0.29, 0.717) is 48.1 Å². The Morgan fingerprint density at radius 2 is 1.89 bits per heavy atom. The maximum Gasteiger partial charge on any atom is 0.255 e. The van der Waals surface area contributed by atoms with Crippen molar-refractivity contribution in [3.8, 4) is 11.5 Å². The van der Waals surface area contributed by atoms with Crippen LogP contribution in [0.4, 0.5) is 5.69 Å². The number of ether oxygens (including phenoxy) is 3. The lowest BCUT2D eigenvalue weighted by Crippen LogP contribution is -2.26. The summed E-state index contributed by atoms with van der Waals surface area (Å²) in [4.78, 5) is 25.0. The molecule has 0 aliphatic carbocycles. The molecule has 2 N–H and O–H groups in total. The van der Waals surface area contributed by atoms with Crippen molar-refractivity contribution in [3.05, 3.63) is 53.6 Å². The summed E-state index contributed by atoms with van der Waals surface area (Å²) in [6.45, 7) is 3.83. The molecule has 0 atom stereocenters. The van der Waals surface area contributed by atoms with Crippen LogP contribution < -0.4 is 20.1 Å². The van der Waals surface area contributed by atoms with Crippen molar-refractivity contribution in [2.24, 2.45) is 0 Å². The molecule has 0 saturated heterocycles. The third kappa shape index (κ3) is 4.77. The van der Waals surface area contributed by atoms with Crippen molar-refractivity contribution in [2.75, 3.05) is 31.9 Å². The van der Waals surface area contributed by atoms with Gasteiger partial charge >= 0.3 is 0 Å². The molecule has 1 heterocycles. The van der Waals surface area contributed by atoms with Gasteiger partial charge < -0.3 is 24.8 Å². The van der Waals surface area contributed by atoms with Gasteiger partial charge in [0.25, 0.3) is 11.8 Å². The maximum absolute atomic E-state index is 12.6. The molecule has 0 saturated carbocycles. The van der Waals surface area contributed by atoms with E-state index in [0.717, 1.165) is 6.42 Å². The van der Waals surface area contributed by atoms with Gasteiger partial charge in [-0.25, -0.2) is 0 Å². The summed E-state index contributed by atoms with van der Waals surface area (Å²) in [5.74, 6) is 0.569. The Balaban J connectivity index is 1.65. The second kappa shape index (κ2) is 9.05. The lowest BCUT2D eigenvalue weighted by atomic mass is 10.1. The van der Waals surface area contributed by atoms with Crippen LogP contribution in [0.15, 0.2) is 42.5 Å². The van der Waals surface area contributed by atoms with E-state index in [1.807, 2.05) is 6.92 Å². The highest BCUT2D eigenvalue weighted by atomic mass is 16.7. The molecular formula is C20H22N2O5. The summed E-state index contributed by atoms with van der Waals surface area (Å²) >= 11 is 0. The van der Waals surface area contributed by atoms with Crippen molar-refractivity contribution in [3.63, 3.8) is 0 Å². The third-order valence-corrected chi connectivity index (χ3v) is 4.01. The van der Waals surface area contributed by atoms with Gasteiger partial charge in [-0.05, 0) is 43.7 Å². The highest BCUT2D eigenvalue weighted by molar-refractivity contribution is 6.09. The Morgan fingerprint density at radius 1 is 1.07 bits per heavy atom. The lowest BCUT2D eigenvalue weighted by molar-refractivity contribution is 0.0945. The van der Waals surface area contributed by atoms with Crippen LogP contribution in [-0.2, 0) is 4.74 Å². The predicted octanol–water partition coefficient (Wildman–Crippen LogP) is 2.82. The summed E-state index contributed by atoms with van der Waals surface area (Å²) in [6, 6.07) is 11.8. The quantitative estimate of drug-likeness (QED) is 0.698. The molecule has 7 nitrogen and oxygen atoms in total. The van der Waals surface area contributed by atoms with E-state index in [1.54, 1.807) is 42.5 Å². The van der Waals surface area contributed by atoms with Gasteiger partial charge in [0.15, 0.2) is 11.5 Å². The first-order chi connectivity index (χ1) is 13.2. The molecule has 1 aliphatic rings. The van der Waals surface area contributed by atoms with Gasteiger partial charge in [-0.3, -0.25) is 9.59 Å². The number of para-hydroxylation sites is 1. The summed E-state index contributed by atoms with van der Waals surface area (Å²) in [7, 11) is 0. The zero-order chi connectivity index (χ0) is 19.1. The first-order valence-electron chi connectivity index (χ1n) is 8.85. The molecule has 0 aromatic heterocycles. The second-order valence-electron chi connectivity index (χ2n) is 5.87. The summed E-state index contributed by atoms with van der Waals surface area (Å²) in [5, 5.41) is 5.63. The van der Waals surface area contributed by atoms with E-state index in [4.69, 9.17) is 14.2 Å². The summed E-state index contributed by atoms with van der Waals surface area (Å²) in [5.41, 5.74) is 1.27. The molecule has 1 aliphatic heterocycles. The van der Waals surface area contributed by atoms with E-state index in [2.05, 4.69) is 10.6 Å². The Hall–Kier alpha value is -3.06. The van der Waals surface area contributed by atoms with Crippen molar-refractivity contribution in [2.45, 2.75) is 13.3 Å². The van der Waals surface area contributed by atoms with E-state index < -0.39 is 0 Å². The van der Waals surface area contributed by atoms with E-state index in [1.165, 1.54) is 0 Å². The largest absolute Gasteiger partial charge is 0.454 e. The summed E-state index contributed by atoms with van der Waals surface area (Å²) in [6.07, 6.45) is 0.727. The SMILES string of the molecule is CCOCCCNC(=O)c1ccccc1NC(=O)c1ccc2c(c1)OCO2. The van der Waals surface area contributed by atoms with Crippen LogP contribution >= 0.6 is 0 Å². The van der Waals surface area contributed by atoms with Crippen LogP contribution in [0, 0.1) is 0 Å². The molecule has 27 heavy (non-hydrogen) atoms. The van der Waals surface area contributed by atoms with Crippen LogP contribution in [0.3, 0.4) is 0 Å². The van der Waals surface area contributed by atoms with Crippen molar-refractivity contribution in [1.82, 2.24) is 5.32 Å². The molecule has 0 radical (unpaired) electrons. The summed E-state index contributed by atoms with van der Waals surface area (Å²) < 4.78 is 15.8. The maximum atomic E-state index is 12.6. The molecule has 2 aromatic rings. The molecule has 142 valence electrons. The highest BCUT2D eigenvalue weighted by Gasteiger charge is 2.18. The topological polar surface area (TPSA) is 85.9 Å². The number of nitrogens with one attached hydrogen (secondary N) is 2. The normalized spacial score (nSPS) is 11.9. The molecule has 2 aromatic carbocycles. The highest BCUT2D eigenvalue weighted by Crippen LogP contribution is 2.32. The number of carbonyl (C=O) groups excluding carboxylic acids is 2. The number of hydrogen-bond donors (Lipinski definition) is 2. The van der Waals surface area contributed by atoms with Gasteiger partial charge in [-0.2, -0.15) is 0 Å². The van der Waals surface area contributed by atoms with E-state index >= 15 is 0 Å². The Labute approximate surface area is 157 Å². The molecule has 0 spiro atoms. The second-order valence-corrected chi connectivity index (χ2v) is 5.87. The Bertz CT molecular complexity index is 822. The number of amides is 2. The fourth-order valence-electron chi connectivity index (χ4n) is 2.64. The third-order valence-electron chi connectivity index (χ3n) is 4.01. The first-order valence-corrected chi connectivity index (χ1v) is 8.85. The zero-order valence-electron chi connectivity index (χ0n) is 15.1. The smallest absolute Gasteiger partial charge is 0.255 e. The van der Waals surface area contributed by atoms with Gasteiger partial charge in [-0.1, -0.05) is 12.1 Å². The fourth-order valence-corrected chi connectivity index (χ4v) is 2.64. The number of anilines is 1. The van der Waals surface area contributed by atoms with Gasteiger partial charge in [0.1, 0.15) is 0 Å². The molecular weight excluding hydrogens is 348 g/mol. The minimum atomic E-state index is -0.329. The molecule has 0 unspecified atom stereocenters. The number of benzene rings is 2. The number of rotatable bonds is 8. The average Bonchev–Trinajstić information content (AvgIpc) is 3.16. The van der Waals surface area contributed by atoms with Crippen LogP contribution in [0.5, 0.6) is 11.5 Å². The van der Waals surface area contributed by atoms with Crippen LogP contribution in [-0.4, -0.2) is 38.4 Å². The van der Waals surface area contributed by atoms with E-state index in [-0.39, 0.29) is 18.6 Å². The van der Waals surface area contributed by atoms with Crippen LogP contribution in [0.25, 0.3) is 0 Å². The minimum Gasteiger partial charge on any atom is -0.454 e. The Kier molecular flexibility index (Phi) is 6.27. The molecule has 0 fully saturated rings. The van der Waals surface area contributed by atoms with Crippen molar-refractivity contribution >= 4 is 17.5 Å². The monoisotopic (exact) mass is 370 g/mol. The number of fused-ring (bicyclic) bond motifs is 1. The average molecular weight is 370 g/mol. The zero-order valence-corrected chi connectivity index (χ0v) is 15.1. The lowest BCUT2D eigenvalue weighted by Gasteiger charge is -2.12. The predicted molar refractivity (Wildman–Crippen MR) is 100 cm³/mol. The van der Waals surface area contributed by atoms with Gasteiger partial charge in [0, 0.05) is 25.3 Å². The molecule has 3 rings (SSSR count). The standard InChI is InChI=1S/C20H22N2O5/c1-2-25-11-5-10-21-20(24)15-6-3-4-7-16(15)22-19(23)14-8-9-17-18(12-14)27-13-26-17/h3-4,6-9,12H,2,5,10-11,13H2,1H3,(H,21,24)(H,22,23). The molecule has 2 amide bonds. The van der Waals surface area contributed by atoms with Crippen LogP contribution in [0.1, 0.15) is 34.1 Å². The van der Waals surface area contributed by atoms with E-state index in [9.17, 15) is 9.59 Å².